The summed E-state index contributed by atoms with van der Waals surface area (Å²) in [5.74, 6) is 3.13. The summed E-state index contributed by atoms with van der Waals surface area (Å²) in [6, 6.07) is 7.01. The highest BCUT2D eigenvalue weighted by Crippen LogP contribution is 2.61. The SMILES string of the molecule is O=C(CC12CC3CC(CC(C3)C1)C2)Nc1ncnc2c1CCN(C(=O)c1cccc(Cl)c1)C2. The fourth-order valence-corrected chi connectivity index (χ4v) is 7.65. The van der Waals surface area contributed by atoms with E-state index in [-0.39, 0.29) is 17.2 Å². The highest BCUT2D eigenvalue weighted by Gasteiger charge is 2.51. The van der Waals surface area contributed by atoms with Gasteiger partial charge in [-0.25, -0.2) is 9.97 Å². The number of nitrogens with zero attached hydrogens (tertiary/aromatic N) is 3. The quantitative estimate of drug-likeness (QED) is 0.700. The summed E-state index contributed by atoms with van der Waals surface area (Å²) in [4.78, 5) is 36.7. The standard InChI is InChI=1S/C26H29ClN4O2/c27-20-3-1-2-19(9-20)25(33)31-5-4-21-22(14-31)28-15-29-24(21)30-23(32)13-26-10-16-6-17(11-26)8-18(7-16)12-26/h1-3,9,15-18H,4-8,10-14H2,(H,28,29,30,32). The molecule has 0 atom stereocenters. The third kappa shape index (κ3) is 4.03. The van der Waals surface area contributed by atoms with Gasteiger partial charge in [-0.3, -0.25) is 9.59 Å². The van der Waals surface area contributed by atoms with Gasteiger partial charge in [0.2, 0.25) is 5.91 Å². The number of hydrogen-bond donors (Lipinski definition) is 1. The summed E-state index contributed by atoms with van der Waals surface area (Å²) in [6.07, 6.45) is 10.5. The van der Waals surface area contributed by atoms with Crippen LogP contribution in [0.4, 0.5) is 5.82 Å². The summed E-state index contributed by atoms with van der Waals surface area (Å²) in [5.41, 5.74) is 2.53. The highest BCUT2D eigenvalue weighted by molar-refractivity contribution is 6.30. The van der Waals surface area contributed by atoms with E-state index in [9.17, 15) is 9.59 Å². The largest absolute Gasteiger partial charge is 0.332 e. The molecule has 2 amide bonds. The van der Waals surface area contributed by atoms with Crippen molar-refractivity contribution in [2.24, 2.45) is 23.2 Å². The number of aromatic nitrogens is 2. The van der Waals surface area contributed by atoms with Crippen LogP contribution in [0.3, 0.4) is 0 Å². The molecule has 7 rings (SSSR count). The Labute approximate surface area is 199 Å². The lowest BCUT2D eigenvalue weighted by Crippen LogP contribution is -2.47. The zero-order chi connectivity index (χ0) is 22.6. The normalized spacial score (nSPS) is 29.6. The van der Waals surface area contributed by atoms with Crippen molar-refractivity contribution in [2.45, 2.75) is 57.9 Å². The van der Waals surface area contributed by atoms with Gasteiger partial charge in [-0.15, -0.1) is 0 Å². The van der Waals surface area contributed by atoms with E-state index in [4.69, 9.17) is 11.6 Å². The maximum Gasteiger partial charge on any atom is 0.254 e. The van der Waals surface area contributed by atoms with Gasteiger partial charge in [-0.05, 0) is 86.3 Å². The summed E-state index contributed by atoms with van der Waals surface area (Å²) in [7, 11) is 0. The molecule has 0 radical (unpaired) electrons. The van der Waals surface area contributed by atoms with E-state index in [2.05, 4.69) is 15.3 Å². The van der Waals surface area contributed by atoms with E-state index in [1.54, 1.807) is 29.2 Å². The van der Waals surface area contributed by atoms with Gasteiger partial charge in [-0.1, -0.05) is 17.7 Å². The lowest BCUT2D eigenvalue weighted by atomic mass is 9.49. The highest BCUT2D eigenvalue weighted by atomic mass is 35.5. The number of anilines is 1. The Morgan fingerprint density at radius 1 is 1.09 bits per heavy atom. The second kappa shape index (κ2) is 8.08. The van der Waals surface area contributed by atoms with Crippen molar-refractivity contribution in [1.29, 1.82) is 0 Å². The van der Waals surface area contributed by atoms with Gasteiger partial charge >= 0.3 is 0 Å². The van der Waals surface area contributed by atoms with Crippen molar-refractivity contribution in [1.82, 2.24) is 14.9 Å². The summed E-state index contributed by atoms with van der Waals surface area (Å²) >= 11 is 6.06. The first kappa shape index (κ1) is 21.1. The molecule has 4 fully saturated rings. The van der Waals surface area contributed by atoms with Gasteiger partial charge in [0.15, 0.2) is 0 Å². The van der Waals surface area contributed by atoms with Crippen LogP contribution >= 0.6 is 11.6 Å². The van der Waals surface area contributed by atoms with Gasteiger partial charge in [0, 0.05) is 29.1 Å². The number of fused-ring (bicyclic) bond motifs is 1. The van der Waals surface area contributed by atoms with Crippen molar-refractivity contribution >= 4 is 29.2 Å². The van der Waals surface area contributed by atoms with E-state index >= 15 is 0 Å². The lowest BCUT2D eigenvalue weighted by molar-refractivity contribution is -0.124. The fraction of sp³-hybridized carbons (Fsp3) is 0.538. The average Bonchev–Trinajstić information content (AvgIpc) is 2.77. The van der Waals surface area contributed by atoms with E-state index in [1.807, 2.05) is 0 Å². The molecule has 0 saturated heterocycles. The van der Waals surface area contributed by atoms with E-state index in [0.717, 1.165) is 29.0 Å². The number of nitrogens with one attached hydrogen (secondary N) is 1. The summed E-state index contributed by atoms with van der Waals surface area (Å²) in [5, 5.41) is 3.66. The average molecular weight is 465 g/mol. The number of rotatable bonds is 4. The molecule has 5 aliphatic rings. The van der Waals surface area contributed by atoms with Gasteiger partial charge in [0.1, 0.15) is 12.1 Å². The molecule has 4 bridgehead atoms. The van der Waals surface area contributed by atoms with E-state index in [1.165, 1.54) is 44.9 Å². The molecule has 2 aromatic rings. The molecule has 6 nitrogen and oxygen atoms in total. The first-order valence-corrected chi connectivity index (χ1v) is 12.5. The molecule has 1 N–H and O–H groups in total. The molecule has 33 heavy (non-hydrogen) atoms. The Morgan fingerprint density at radius 3 is 2.52 bits per heavy atom. The molecular weight excluding hydrogens is 436 g/mol. The minimum atomic E-state index is -0.0610. The molecular formula is C26H29ClN4O2. The van der Waals surface area contributed by atoms with Gasteiger partial charge in [0.05, 0.1) is 12.2 Å². The monoisotopic (exact) mass is 464 g/mol. The predicted molar refractivity (Wildman–Crippen MR) is 126 cm³/mol. The van der Waals surface area contributed by atoms with Crippen LogP contribution in [0.2, 0.25) is 5.02 Å². The third-order valence-corrected chi connectivity index (χ3v) is 8.56. The first-order valence-electron chi connectivity index (χ1n) is 12.1. The van der Waals surface area contributed by atoms with Crippen LogP contribution in [0.25, 0.3) is 0 Å². The molecule has 4 aliphatic carbocycles. The van der Waals surface area contributed by atoms with Crippen molar-refractivity contribution in [3.8, 4) is 0 Å². The van der Waals surface area contributed by atoms with Crippen LogP contribution in [0, 0.1) is 23.2 Å². The molecule has 7 heteroatoms. The van der Waals surface area contributed by atoms with Gasteiger partial charge in [0.25, 0.3) is 5.91 Å². The van der Waals surface area contributed by atoms with Gasteiger partial charge in [-0.2, -0.15) is 0 Å². The number of carbonyl (C=O) groups excluding carboxylic acids is 2. The second-order valence-electron chi connectivity index (χ2n) is 10.8. The molecule has 0 spiro atoms. The van der Waals surface area contributed by atoms with Crippen LogP contribution in [0.1, 0.15) is 66.6 Å². The van der Waals surface area contributed by atoms with E-state index in [0.29, 0.717) is 42.3 Å². The van der Waals surface area contributed by atoms with Crippen LogP contribution in [-0.2, 0) is 17.8 Å². The molecule has 172 valence electrons. The van der Waals surface area contributed by atoms with Crippen molar-refractivity contribution < 1.29 is 9.59 Å². The minimum absolute atomic E-state index is 0.0610. The second-order valence-corrected chi connectivity index (χ2v) is 11.2. The fourth-order valence-electron chi connectivity index (χ4n) is 7.46. The molecule has 1 aromatic heterocycles. The topological polar surface area (TPSA) is 75.2 Å². The van der Waals surface area contributed by atoms with Crippen LogP contribution in [0.15, 0.2) is 30.6 Å². The molecule has 4 saturated carbocycles. The van der Waals surface area contributed by atoms with Crippen molar-refractivity contribution in [3.05, 3.63) is 52.4 Å². The molecule has 2 heterocycles. The maximum atomic E-state index is 13.1. The van der Waals surface area contributed by atoms with E-state index < -0.39 is 0 Å². The number of amides is 2. The van der Waals surface area contributed by atoms with Crippen LogP contribution < -0.4 is 5.32 Å². The first-order chi connectivity index (χ1) is 16.0. The zero-order valence-electron chi connectivity index (χ0n) is 18.7. The van der Waals surface area contributed by atoms with Crippen LogP contribution in [-0.4, -0.2) is 33.2 Å². The van der Waals surface area contributed by atoms with Crippen molar-refractivity contribution in [2.75, 3.05) is 11.9 Å². The lowest BCUT2D eigenvalue weighted by Gasteiger charge is -2.56. The maximum absolute atomic E-state index is 13.1. The number of halogens is 1. The third-order valence-electron chi connectivity index (χ3n) is 8.32. The molecule has 1 aromatic carbocycles. The zero-order valence-corrected chi connectivity index (χ0v) is 19.5. The smallest absolute Gasteiger partial charge is 0.254 e. The predicted octanol–water partition coefficient (Wildman–Crippen LogP) is 4.87. The summed E-state index contributed by atoms with van der Waals surface area (Å²) in [6.45, 7) is 0.963. The Balaban J connectivity index is 1.15. The van der Waals surface area contributed by atoms with Gasteiger partial charge < -0.3 is 10.2 Å². The Bertz CT molecular complexity index is 1080. The number of benzene rings is 1. The minimum Gasteiger partial charge on any atom is -0.332 e. The Hall–Kier alpha value is -2.47. The van der Waals surface area contributed by atoms with Crippen molar-refractivity contribution in [3.63, 3.8) is 0 Å². The van der Waals surface area contributed by atoms with Crippen LogP contribution in [0.5, 0.6) is 0 Å². The number of hydrogen-bond acceptors (Lipinski definition) is 4. The number of carbonyl (C=O) groups is 2. The Kier molecular flexibility index (Phi) is 5.17. The Morgan fingerprint density at radius 2 is 1.82 bits per heavy atom. The summed E-state index contributed by atoms with van der Waals surface area (Å²) < 4.78 is 0. The molecule has 0 unspecified atom stereocenters. The molecule has 1 aliphatic heterocycles.